The number of amides is 1. The van der Waals surface area contributed by atoms with Gasteiger partial charge in [0.25, 0.3) is 0 Å². The second kappa shape index (κ2) is 6.35. The average molecular weight is 328 g/mol. The van der Waals surface area contributed by atoms with E-state index in [1.807, 2.05) is 15.6 Å². The summed E-state index contributed by atoms with van der Waals surface area (Å²) in [6.45, 7) is 1.59. The number of fused-ring (bicyclic) bond motifs is 1. The number of benzene rings is 1. The molecule has 0 radical (unpaired) electrons. The van der Waals surface area contributed by atoms with Crippen LogP contribution in [0.5, 0.6) is 0 Å². The van der Waals surface area contributed by atoms with Crippen LogP contribution in [-0.2, 0) is 11.2 Å². The van der Waals surface area contributed by atoms with Crippen LogP contribution < -0.4 is 0 Å². The van der Waals surface area contributed by atoms with Crippen LogP contribution in [0.2, 0.25) is 0 Å². The molecule has 0 bridgehead atoms. The molecule has 5 nitrogen and oxygen atoms in total. The molecular formula is C17H20N4OS. The first-order valence-corrected chi connectivity index (χ1v) is 9.20. The minimum atomic E-state index is -0.0468. The Morgan fingerprint density at radius 1 is 1.30 bits per heavy atom. The molecule has 0 spiro atoms. The maximum absolute atomic E-state index is 13.1. The zero-order valence-electron chi connectivity index (χ0n) is 13.0. The number of aryl methyl sites for hydroxylation is 1. The summed E-state index contributed by atoms with van der Waals surface area (Å²) in [4.78, 5) is 19.1. The molecule has 2 aliphatic heterocycles. The molecule has 2 atom stereocenters. The maximum atomic E-state index is 13.1. The molecule has 2 aromatic rings. The number of aromatic nitrogens is 3. The van der Waals surface area contributed by atoms with Gasteiger partial charge in [0.05, 0.1) is 6.04 Å². The highest BCUT2D eigenvalue weighted by atomic mass is 32.2. The summed E-state index contributed by atoms with van der Waals surface area (Å²) in [5, 5.41) is 4.20. The fourth-order valence-electron chi connectivity index (χ4n) is 3.54. The normalized spacial score (nSPS) is 24.3. The van der Waals surface area contributed by atoms with Crippen LogP contribution in [0.1, 0.15) is 35.3 Å². The van der Waals surface area contributed by atoms with Crippen molar-refractivity contribution in [3.05, 3.63) is 48.0 Å². The van der Waals surface area contributed by atoms with E-state index in [0.717, 1.165) is 38.1 Å². The maximum Gasteiger partial charge on any atom is 0.240 e. The largest absolute Gasteiger partial charge is 0.339 e. The van der Waals surface area contributed by atoms with Crippen molar-refractivity contribution in [3.63, 3.8) is 0 Å². The first-order chi connectivity index (χ1) is 11.3. The zero-order chi connectivity index (χ0) is 15.6. The topological polar surface area (TPSA) is 51.0 Å². The molecule has 0 saturated carbocycles. The lowest BCUT2D eigenvalue weighted by Crippen LogP contribution is -2.43. The molecule has 1 aromatic heterocycles. The fourth-order valence-corrected chi connectivity index (χ4v) is 4.82. The molecule has 23 heavy (non-hydrogen) atoms. The monoisotopic (exact) mass is 328 g/mol. The first-order valence-electron chi connectivity index (χ1n) is 8.15. The highest BCUT2D eigenvalue weighted by Crippen LogP contribution is 2.38. The Kier molecular flexibility index (Phi) is 4.08. The fraction of sp³-hybridized carbons (Fsp3) is 0.471. The van der Waals surface area contributed by atoms with E-state index in [4.69, 9.17) is 0 Å². The van der Waals surface area contributed by atoms with Crippen LogP contribution in [0.3, 0.4) is 0 Å². The van der Waals surface area contributed by atoms with Crippen molar-refractivity contribution in [2.24, 2.45) is 0 Å². The number of piperidine rings is 1. The van der Waals surface area contributed by atoms with Crippen LogP contribution in [0.25, 0.3) is 0 Å². The van der Waals surface area contributed by atoms with Gasteiger partial charge in [0.2, 0.25) is 5.91 Å². The van der Waals surface area contributed by atoms with Crippen LogP contribution in [0.15, 0.2) is 36.9 Å². The van der Waals surface area contributed by atoms with Crippen molar-refractivity contribution in [2.75, 3.05) is 18.8 Å². The van der Waals surface area contributed by atoms with E-state index in [1.54, 1.807) is 24.4 Å². The third-order valence-corrected chi connectivity index (χ3v) is 5.97. The lowest BCUT2D eigenvalue weighted by atomic mass is 9.99. The van der Waals surface area contributed by atoms with Gasteiger partial charge in [-0.15, -0.1) is 11.8 Å². The number of thioether (sulfide) groups is 1. The first kappa shape index (κ1) is 14.8. The van der Waals surface area contributed by atoms with Gasteiger partial charge < -0.3 is 4.90 Å². The van der Waals surface area contributed by atoms with Crippen molar-refractivity contribution in [3.8, 4) is 0 Å². The number of hydrogen-bond acceptors (Lipinski definition) is 4. The lowest BCUT2D eigenvalue weighted by Gasteiger charge is -2.36. The predicted molar refractivity (Wildman–Crippen MR) is 90.2 cm³/mol. The number of carbonyl (C=O) groups is 1. The van der Waals surface area contributed by atoms with Crippen molar-refractivity contribution in [1.82, 2.24) is 19.7 Å². The Morgan fingerprint density at radius 2 is 2.22 bits per heavy atom. The number of likely N-dealkylation sites (tertiary alicyclic amines) is 1. The zero-order valence-corrected chi connectivity index (χ0v) is 13.8. The Morgan fingerprint density at radius 3 is 3.09 bits per heavy atom. The molecule has 0 aliphatic carbocycles. The summed E-state index contributed by atoms with van der Waals surface area (Å²) in [6, 6.07) is 8.63. The second-order valence-electron chi connectivity index (χ2n) is 6.16. The van der Waals surface area contributed by atoms with Crippen LogP contribution in [0.4, 0.5) is 0 Å². The second-order valence-corrected chi connectivity index (χ2v) is 7.37. The predicted octanol–water partition coefficient (Wildman–Crippen LogP) is 2.47. The summed E-state index contributed by atoms with van der Waals surface area (Å²) in [7, 11) is 0. The Hall–Kier alpha value is -1.82. The van der Waals surface area contributed by atoms with Crippen molar-refractivity contribution in [1.29, 1.82) is 0 Å². The molecule has 6 heteroatoms. The van der Waals surface area contributed by atoms with E-state index in [-0.39, 0.29) is 17.2 Å². The minimum Gasteiger partial charge on any atom is -0.339 e. The molecule has 1 aromatic carbocycles. The highest BCUT2D eigenvalue weighted by molar-refractivity contribution is 8.00. The van der Waals surface area contributed by atoms with E-state index in [1.165, 1.54) is 11.1 Å². The van der Waals surface area contributed by atoms with Gasteiger partial charge in [0, 0.05) is 13.1 Å². The molecular weight excluding hydrogens is 308 g/mol. The van der Waals surface area contributed by atoms with Gasteiger partial charge in [-0.3, -0.25) is 4.79 Å². The van der Waals surface area contributed by atoms with Gasteiger partial charge in [0.1, 0.15) is 17.9 Å². The van der Waals surface area contributed by atoms with Gasteiger partial charge in [-0.25, -0.2) is 9.67 Å². The Labute approximate surface area is 140 Å². The van der Waals surface area contributed by atoms with Crippen LogP contribution in [0, 0.1) is 0 Å². The Bertz CT molecular complexity index is 688. The van der Waals surface area contributed by atoms with E-state index >= 15 is 0 Å². The molecule has 0 unspecified atom stereocenters. The van der Waals surface area contributed by atoms with Crippen LogP contribution in [-0.4, -0.2) is 44.4 Å². The lowest BCUT2D eigenvalue weighted by molar-refractivity contribution is -0.132. The van der Waals surface area contributed by atoms with E-state index in [9.17, 15) is 4.79 Å². The van der Waals surface area contributed by atoms with Crippen molar-refractivity contribution < 1.29 is 4.79 Å². The number of rotatable bonds is 2. The quantitative estimate of drug-likeness (QED) is 0.850. The van der Waals surface area contributed by atoms with Gasteiger partial charge in [0.15, 0.2) is 0 Å². The summed E-state index contributed by atoms with van der Waals surface area (Å²) in [5.74, 6) is 1.28. The van der Waals surface area contributed by atoms with Gasteiger partial charge >= 0.3 is 0 Å². The van der Waals surface area contributed by atoms with Crippen molar-refractivity contribution >= 4 is 17.7 Å². The van der Waals surface area contributed by atoms with E-state index in [2.05, 4.69) is 28.3 Å². The molecule has 0 N–H and O–H groups in total. The molecule has 1 amide bonds. The highest BCUT2D eigenvalue weighted by Gasteiger charge is 2.33. The summed E-state index contributed by atoms with van der Waals surface area (Å²) < 4.78 is 1.89. The van der Waals surface area contributed by atoms with Gasteiger partial charge in [-0.05, 0) is 36.1 Å². The number of carbonyl (C=O) groups excluding carboxylic acids is 1. The van der Waals surface area contributed by atoms with E-state index in [0.29, 0.717) is 0 Å². The third-order valence-electron chi connectivity index (χ3n) is 4.74. The SMILES string of the molecule is O=C([C@H]1SCCc2ccccc21)N1CCC[C@@H](n2cncn2)C1. The Balaban J connectivity index is 1.53. The molecule has 1 saturated heterocycles. The molecule has 4 rings (SSSR count). The van der Waals surface area contributed by atoms with Crippen LogP contribution >= 0.6 is 11.8 Å². The number of hydrogen-bond donors (Lipinski definition) is 0. The standard InChI is InChI=1S/C17H20N4OS/c22-17(16-15-6-2-1-4-13(15)7-9-23-16)20-8-3-5-14(10-20)21-12-18-11-19-21/h1-2,4,6,11-12,14,16H,3,5,7-10H2/t14-,16+/m1/s1. The smallest absolute Gasteiger partial charge is 0.240 e. The van der Waals surface area contributed by atoms with Gasteiger partial charge in [-0.2, -0.15) is 5.10 Å². The summed E-state index contributed by atoms with van der Waals surface area (Å²) >= 11 is 1.78. The number of nitrogens with zero attached hydrogens (tertiary/aromatic N) is 4. The molecule has 1 fully saturated rings. The average Bonchev–Trinajstić information content (AvgIpc) is 3.15. The van der Waals surface area contributed by atoms with E-state index < -0.39 is 0 Å². The third kappa shape index (κ3) is 2.87. The summed E-state index contributed by atoms with van der Waals surface area (Å²) in [6.07, 6.45) is 6.46. The molecule has 3 heterocycles. The minimum absolute atomic E-state index is 0.0468. The van der Waals surface area contributed by atoms with Crippen molar-refractivity contribution in [2.45, 2.75) is 30.6 Å². The molecule has 2 aliphatic rings. The summed E-state index contributed by atoms with van der Waals surface area (Å²) in [5.41, 5.74) is 2.53. The van der Waals surface area contributed by atoms with Gasteiger partial charge in [-0.1, -0.05) is 24.3 Å². The molecule has 120 valence electrons.